The molecular weight excluding hydrogens is 294 g/mol. The van der Waals surface area contributed by atoms with E-state index >= 15 is 0 Å². The number of nitrogens with one attached hydrogen (secondary N) is 1. The van der Waals surface area contributed by atoms with E-state index in [2.05, 4.69) is 10.2 Å². The Bertz CT molecular complexity index is 543. The lowest BCUT2D eigenvalue weighted by atomic mass is 10.3. The topological polar surface area (TPSA) is 69.7 Å². The van der Waals surface area contributed by atoms with E-state index in [1.807, 2.05) is 37.4 Å². The Hall–Kier alpha value is -2.37. The molecule has 0 saturated carbocycles. The fourth-order valence-corrected chi connectivity index (χ4v) is 2.53. The van der Waals surface area contributed by atoms with Crippen molar-refractivity contribution >= 4 is 23.4 Å². The lowest BCUT2D eigenvalue weighted by Gasteiger charge is -2.19. The SMILES string of the molecule is CN(CCCNC(=O)CCN1C(=O)CCC1=O)c1ccccc1. The molecule has 0 bridgehead atoms. The first-order chi connectivity index (χ1) is 11.1. The molecule has 124 valence electrons. The molecule has 0 atom stereocenters. The van der Waals surface area contributed by atoms with Crippen LogP contribution in [0, 0.1) is 0 Å². The van der Waals surface area contributed by atoms with Crippen molar-refractivity contribution in [1.29, 1.82) is 0 Å². The highest BCUT2D eigenvalue weighted by Gasteiger charge is 2.28. The van der Waals surface area contributed by atoms with E-state index in [4.69, 9.17) is 0 Å². The summed E-state index contributed by atoms with van der Waals surface area (Å²) in [6.45, 7) is 1.61. The summed E-state index contributed by atoms with van der Waals surface area (Å²) >= 11 is 0. The second-order valence-electron chi connectivity index (χ2n) is 5.65. The first-order valence-electron chi connectivity index (χ1n) is 7.94. The smallest absolute Gasteiger partial charge is 0.229 e. The van der Waals surface area contributed by atoms with Gasteiger partial charge in [0.25, 0.3) is 0 Å². The number of carbonyl (C=O) groups is 3. The Balaban J connectivity index is 1.60. The molecule has 6 heteroatoms. The number of benzene rings is 1. The summed E-state index contributed by atoms with van der Waals surface area (Å²) in [4.78, 5) is 37.9. The highest BCUT2D eigenvalue weighted by Crippen LogP contribution is 2.12. The van der Waals surface area contributed by atoms with Gasteiger partial charge in [-0.05, 0) is 18.6 Å². The molecule has 1 fully saturated rings. The van der Waals surface area contributed by atoms with E-state index in [9.17, 15) is 14.4 Å². The van der Waals surface area contributed by atoms with Gasteiger partial charge >= 0.3 is 0 Å². The zero-order chi connectivity index (χ0) is 16.7. The minimum atomic E-state index is -0.174. The van der Waals surface area contributed by atoms with Crippen molar-refractivity contribution in [3.05, 3.63) is 30.3 Å². The third-order valence-electron chi connectivity index (χ3n) is 3.91. The predicted octanol–water partition coefficient (Wildman–Crippen LogP) is 1.17. The van der Waals surface area contributed by atoms with E-state index in [0.29, 0.717) is 6.54 Å². The Morgan fingerprint density at radius 3 is 2.48 bits per heavy atom. The number of para-hydroxylation sites is 1. The Kier molecular flexibility index (Phi) is 6.14. The summed E-state index contributed by atoms with van der Waals surface area (Å²) in [5, 5.41) is 2.83. The highest BCUT2D eigenvalue weighted by atomic mass is 16.2. The van der Waals surface area contributed by atoms with Crippen molar-refractivity contribution in [2.75, 3.05) is 31.6 Å². The van der Waals surface area contributed by atoms with E-state index in [0.717, 1.165) is 18.7 Å². The quantitative estimate of drug-likeness (QED) is 0.577. The number of likely N-dealkylation sites (tertiary alicyclic amines) is 1. The van der Waals surface area contributed by atoms with E-state index in [1.165, 1.54) is 4.90 Å². The lowest BCUT2D eigenvalue weighted by Crippen LogP contribution is -2.34. The van der Waals surface area contributed by atoms with Crippen LogP contribution in [0.2, 0.25) is 0 Å². The van der Waals surface area contributed by atoms with Gasteiger partial charge in [-0.2, -0.15) is 0 Å². The van der Waals surface area contributed by atoms with Gasteiger partial charge in [-0.15, -0.1) is 0 Å². The third-order valence-corrected chi connectivity index (χ3v) is 3.91. The van der Waals surface area contributed by atoms with Gasteiger partial charge in [0.1, 0.15) is 0 Å². The van der Waals surface area contributed by atoms with Gasteiger partial charge in [0.2, 0.25) is 17.7 Å². The number of carbonyl (C=O) groups excluding carboxylic acids is 3. The maximum Gasteiger partial charge on any atom is 0.229 e. The second kappa shape index (κ2) is 8.31. The molecule has 6 nitrogen and oxygen atoms in total. The fraction of sp³-hybridized carbons (Fsp3) is 0.471. The Morgan fingerprint density at radius 1 is 1.17 bits per heavy atom. The molecule has 1 saturated heterocycles. The molecule has 2 rings (SSSR count). The van der Waals surface area contributed by atoms with E-state index in [-0.39, 0.29) is 43.5 Å². The summed E-state index contributed by atoms with van der Waals surface area (Å²) < 4.78 is 0. The maximum atomic E-state index is 11.8. The summed E-state index contributed by atoms with van der Waals surface area (Å²) in [7, 11) is 2.02. The number of hydrogen-bond donors (Lipinski definition) is 1. The molecular formula is C17H23N3O3. The van der Waals surface area contributed by atoms with Crippen LogP contribution in [-0.4, -0.2) is 49.3 Å². The van der Waals surface area contributed by atoms with Gasteiger partial charge in [0.05, 0.1) is 0 Å². The molecule has 0 aliphatic carbocycles. The number of amides is 3. The summed E-state index contributed by atoms with van der Waals surface area (Å²) in [5.41, 5.74) is 1.14. The van der Waals surface area contributed by atoms with Gasteiger partial charge < -0.3 is 10.2 Å². The fourth-order valence-electron chi connectivity index (χ4n) is 2.53. The van der Waals surface area contributed by atoms with Crippen LogP contribution >= 0.6 is 0 Å². The lowest BCUT2D eigenvalue weighted by molar-refractivity contribution is -0.138. The van der Waals surface area contributed by atoms with Crippen molar-refractivity contribution in [2.45, 2.75) is 25.7 Å². The molecule has 0 aromatic heterocycles. The number of imide groups is 1. The van der Waals surface area contributed by atoms with Crippen LogP contribution in [0.4, 0.5) is 5.69 Å². The molecule has 0 unspecified atom stereocenters. The second-order valence-corrected chi connectivity index (χ2v) is 5.65. The summed E-state index contributed by atoms with van der Waals surface area (Å²) in [6.07, 6.45) is 1.54. The van der Waals surface area contributed by atoms with E-state index < -0.39 is 0 Å². The highest BCUT2D eigenvalue weighted by molar-refractivity contribution is 6.02. The number of anilines is 1. The van der Waals surface area contributed by atoms with Crippen LogP contribution in [-0.2, 0) is 14.4 Å². The van der Waals surface area contributed by atoms with Crippen LogP contribution in [0.25, 0.3) is 0 Å². The molecule has 23 heavy (non-hydrogen) atoms. The molecule has 1 aromatic carbocycles. The zero-order valence-electron chi connectivity index (χ0n) is 13.5. The van der Waals surface area contributed by atoms with Crippen LogP contribution in [0.15, 0.2) is 30.3 Å². The zero-order valence-corrected chi connectivity index (χ0v) is 13.5. The molecule has 1 aliphatic rings. The average Bonchev–Trinajstić information content (AvgIpc) is 2.88. The van der Waals surface area contributed by atoms with Crippen molar-refractivity contribution in [2.24, 2.45) is 0 Å². The maximum absolute atomic E-state index is 11.8. The van der Waals surface area contributed by atoms with Crippen LogP contribution in [0.1, 0.15) is 25.7 Å². The van der Waals surface area contributed by atoms with Crippen LogP contribution in [0.3, 0.4) is 0 Å². The van der Waals surface area contributed by atoms with Gasteiger partial charge in [0, 0.05) is 51.6 Å². The molecule has 1 heterocycles. The van der Waals surface area contributed by atoms with Crippen molar-refractivity contribution in [3.8, 4) is 0 Å². The largest absolute Gasteiger partial charge is 0.375 e. The normalized spacial score (nSPS) is 14.2. The Morgan fingerprint density at radius 2 is 1.83 bits per heavy atom. The molecule has 0 spiro atoms. The number of hydrogen-bond acceptors (Lipinski definition) is 4. The van der Waals surface area contributed by atoms with Crippen molar-refractivity contribution in [1.82, 2.24) is 10.2 Å². The predicted molar refractivity (Wildman–Crippen MR) is 87.9 cm³/mol. The van der Waals surface area contributed by atoms with Crippen LogP contribution in [0.5, 0.6) is 0 Å². The number of nitrogens with zero attached hydrogens (tertiary/aromatic N) is 2. The summed E-state index contributed by atoms with van der Waals surface area (Å²) in [5.74, 6) is -0.473. The molecule has 3 amide bonds. The van der Waals surface area contributed by atoms with Crippen LogP contribution < -0.4 is 10.2 Å². The number of rotatable bonds is 8. The third kappa shape index (κ3) is 5.09. The molecule has 0 radical (unpaired) electrons. The average molecular weight is 317 g/mol. The first-order valence-corrected chi connectivity index (χ1v) is 7.94. The van der Waals surface area contributed by atoms with E-state index in [1.54, 1.807) is 0 Å². The molecule has 1 aromatic rings. The van der Waals surface area contributed by atoms with Gasteiger partial charge in [-0.25, -0.2) is 0 Å². The van der Waals surface area contributed by atoms with Crippen molar-refractivity contribution in [3.63, 3.8) is 0 Å². The monoisotopic (exact) mass is 317 g/mol. The minimum absolute atomic E-state index is 0.125. The summed E-state index contributed by atoms with van der Waals surface area (Å²) in [6, 6.07) is 10.1. The van der Waals surface area contributed by atoms with Gasteiger partial charge in [0.15, 0.2) is 0 Å². The molecule has 1 N–H and O–H groups in total. The minimum Gasteiger partial charge on any atom is -0.375 e. The first kappa shape index (κ1) is 17.0. The van der Waals surface area contributed by atoms with Gasteiger partial charge in [-0.3, -0.25) is 19.3 Å². The van der Waals surface area contributed by atoms with Crippen molar-refractivity contribution < 1.29 is 14.4 Å². The standard InChI is InChI=1S/C17H23N3O3/c1-19(14-6-3-2-4-7-14)12-5-11-18-15(21)10-13-20-16(22)8-9-17(20)23/h2-4,6-7H,5,8-13H2,1H3,(H,18,21). The molecule has 1 aliphatic heterocycles. The van der Waals surface area contributed by atoms with Gasteiger partial charge in [-0.1, -0.05) is 18.2 Å². The Labute approximate surface area is 136 Å².